The maximum absolute atomic E-state index is 13.0. The van der Waals surface area contributed by atoms with Crippen LogP contribution in [0.25, 0.3) is 0 Å². The van der Waals surface area contributed by atoms with Crippen LogP contribution in [0.1, 0.15) is 36.4 Å². The van der Waals surface area contributed by atoms with E-state index in [4.69, 9.17) is 0 Å². The van der Waals surface area contributed by atoms with E-state index in [-0.39, 0.29) is 23.6 Å². The molecular weight excluding hydrogens is 388 g/mol. The molecule has 2 aliphatic heterocycles. The molecule has 2 aliphatic rings. The molecule has 29 heavy (non-hydrogen) atoms. The molecule has 0 saturated carbocycles. The lowest BCUT2D eigenvalue weighted by Gasteiger charge is -2.39. The molecule has 1 atom stereocenters. The fourth-order valence-electron chi connectivity index (χ4n) is 4.17. The Kier molecular flexibility index (Phi) is 7.66. The molecule has 0 spiro atoms. The fraction of sp³-hybridized carbons (Fsp3) is 0.667. The van der Waals surface area contributed by atoms with Crippen LogP contribution in [-0.2, 0) is 9.59 Å². The van der Waals surface area contributed by atoms with E-state index in [0.717, 1.165) is 50.4 Å². The van der Waals surface area contributed by atoms with Crippen molar-refractivity contribution in [2.24, 2.45) is 5.92 Å². The van der Waals surface area contributed by atoms with Crippen molar-refractivity contribution in [2.45, 2.75) is 26.7 Å². The van der Waals surface area contributed by atoms with Crippen molar-refractivity contribution in [3.63, 3.8) is 0 Å². The highest BCUT2D eigenvalue weighted by molar-refractivity contribution is 7.12. The minimum Gasteiger partial charge on any atom is -0.342 e. The molecule has 8 heteroatoms. The van der Waals surface area contributed by atoms with Gasteiger partial charge in [0, 0.05) is 52.4 Å². The van der Waals surface area contributed by atoms with Gasteiger partial charge in [0.05, 0.1) is 17.3 Å². The number of carbonyl (C=O) groups excluding carboxylic acids is 3. The van der Waals surface area contributed by atoms with E-state index < -0.39 is 0 Å². The normalized spacial score (nSPS) is 20.6. The summed E-state index contributed by atoms with van der Waals surface area (Å²) in [6, 6.07) is 3.73. The van der Waals surface area contributed by atoms with Gasteiger partial charge >= 0.3 is 0 Å². The number of rotatable bonds is 6. The largest absolute Gasteiger partial charge is 0.342 e. The highest BCUT2D eigenvalue weighted by atomic mass is 32.1. The van der Waals surface area contributed by atoms with Crippen molar-refractivity contribution in [3.8, 4) is 0 Å². The molecule has 7 nitrogen and oxygen atoms in total. The Morgan fingerprint density at radius 1 is 1.07 bits per heavy atom. The van der Waals surface area contributed by atoms with Crippen LogP contribution in [0.5, 0.6) is 0 Å². The standard InChI is InChI=1S/C21H32N4O3S/c1-3-23(4-2)19(26)16-22-10-12-24(13-11-22)20(27)17-7-5-9-25(15-17)21(28)18-8-6-14-29-18/h6,8,14,17H,3-5,7,9-13,15-16H2,1-2H3. The number of hydrogen-bond donors (Lipinski definition) is 0. The first-order valence-electron chi connectivity index (χ1n) is 10.6. The molecule has 0 bridgehead atoms. The Bertz CT molecular complexity index is 697. The average molecular weight is 421 g/mol. The molecule has 0 aromatic carbocycles. The van der Waals surface area contributed by atoms with E-state index >= 15 is 0 Å². The Morgan fingerprint density at radius 2 is 1.79 bits per heavy atom. The molecular formula is C21H32N4O3S. The number of carbonyl (C=O) groups is 3. The van der Waals surface area contributed by atoms with Gasteiger partial charge in [-0.15, -0.1) is 11.3 Å². The lowest BCUT2D eigenvalue weighted by molar-refractivity contribution is -0.139. The van der Waals surface area contributed by atoms with Crippen LogP contribution in [0.2, 0.25) is 0 Å². The van der Waals surface area contributed by atoms with Gasteiger partial charge in [-0.05, 0) is 38.1 Å². The molecule has 3 amide bonds. The fourth-order valence-corrected chi connectivity index (χ4v) is 4.86. The van der Waals surface area contributed by atoms with Crippen molar-refractivity contribution < 1.29 is 14.4 Å². The van der Waals surface area contributed by atoms with E-state index in [1.54, 1.807) is 0 Å². The van der Waals surface area contributed by atoms with E-state index in [1.165, 1.54) is 11.3 Å². The molecule has 1 aromatic heterocycles. The third-order valence-electron chi connectivity index (χ3n) is 5.95. The summed E-state index contributed by atoms with van der Waals surface area (Å²) in [5.41, 5.74) is 0. The van der Waals surface area contributed by atoms with Gasteiger partial charge in [0.1, 0.15) is 0 Å². The van der Waals surface area contributed by atoms with Crippen LogP contribution in [0, 0.1) is 5.92 Å². The second kappa shape index (κ2) is 10.2. The van der Waals surface area contributed by atoms with Gasteiger partial charge in [-0.3, -0.25) is 19.3 Å². The van der Waals surface area contributed by atoms with Crippen molar-refractivity contribution in [1.29, 1.82) is 0 Å². The van der Waals surface area contributed by atoms with Crippen molar-refractivity contribution in [3.05, 3.63) is 22.4 Å². The number of likely N-dealkylation sites (N-methyl/N-ethyl adjacent to an activating group) is 1. The number of piperidine rings is 1. The van der Waals surface area contributed by atoms with Gasteiger partial charge in [-0.1, -0.05) is 6.07 Å². The molecule has 2 saturated heterocycles. The van der Waals surface area contributed by atoms with Gasteiger partial charge in [0.2, 0.25) is 11.8 Å². The van der Waals surface area contributed by atoms with Crippen LogP contribution in [-0.4, -0.2) is 96.2 Å². The Labute approximate surface area is 177 Å². The van der Waals surface area contributed by atoms with Gasteiger partial charge in [-0.2, -0.15) is 0 Å². The predicted molar refractivity (Wildman–Crippen MR) is 114 cm³/mol. The summed E-state index contributed by atoms with van der Waals surface area (Å²) in [5.74, 6) is 0.238. The summed E-state index contributed by atoms with van der Waals surface area (Å²) in [5, 5.41) is 1.91. The molecule has 160 valence electrons. The molecule has 0 radical (unpaired) electrons. The Hall–Kier alpha value is -1.93. The highest BCUT2D eigenvalue weighted by Gasteiger charge is 2.33. The number of amides is 3. The minimum atomic E-state index is -0.114. The van der Waals surface area contributed by atoms with E-state index in [1.807, 2.05) is 46.1 Å². The zero-order valence-electron chi connectivity index (χ0n) is 17.5. The van der Waals surface area contributed by atoms with Crippen molar-refractivity contribution in [1.82, 2.24) is 19.6 Å². The summed E-state index contributed by atoms with van der Waals surface area (Å²) >= 11 is 1.45. The number of thiophene rings is 1. The third kappa shape index (κ3) is 5.36. The van der Waals surface area contributed by atoms with Gasteiger partial charge < -0.3 is 14.7 Å². The van der Waals surface area contributed by atoms with Gasteiger partial charge in [0.15, 0.2) is 0 Å². The first kappa shape index (κ1) is 21.8. The summed E-state index contributed by atoms with van der Waals surface area (Å²) in [7, 11) is 0. The topological polar surface area (TPSA) is 64.2 Å². The predicted octanol–water partition coefficient (Wildman–Crippen LogP) is 1.61. The molecule has 2 fully saturated rings. The van der Waals surface area contributed by atoms with E-state index in [2.05, 4.69) is 4.90 Å². The number of hydrogen-bond acceptors (Lipinski definition) is 5. The lowest BCUT2D eigenvalue weighted by Crippen LogP contribution is -2.54. The summed E-state index contributed by atoms with van der Waals surface area (Å²) in [4.78, 5) is 46.4. The van der Waals surface area contributed by atoms with Crippen LogP contribution >= 0.6 is 11.3 Å². The molecule has 1 unspecified atom stereocenters. The number of likely N-dealkylation sites (tertiary alicyclic amines) is 1. The molecule has 1 aromatic rings. The number of nitrogens with zero attached hydrogens (tertiary/aromatic N) is 4. The van der Waals surface area contributed by atoms with Crippen LogP contribution in [0.4, 0.5) is 0 Å². The highest BCUT2D eigenvalue weighted by Crippen LogP contribution is 2.22. The second-order valence-corrected chi connectivity index (χ2v) is 8.68. The van der Waals surface area contributed by atoms with Crippen LogP contribution < -0.4 is 0 Å². The lowest BCUT2D eigenvalue weighted by atomic mass is 9.96. The zero-order valence-corrected chi connectivity index (χ0v) is 18.3. The smallest absolute Gasteiger partial charge is 0.263 e. The van der Waals surface area contributed by atoms with Gasteiger partial charge in [0.25, 0.3) is 5.91 Å². The van der Waals surface area contributed by atoms with Crippen molar-refractivity contribution in [2.75, 3.05) is 58.9 Å². The summed E-state index contributed by atoms with van der Waals surface area (Å²) in [6.07, 6.45) is 1.71. The van der Waals surface area contributed by atoms with Crippen LogP contribution in [0.3, 0.4) is 0 Å². The maximum atomic E-state index is 13.0. The zero-order chi connectivity index (χ0) is 20.8. The summed E-state index contributed by atoms with van der Waals surface area (Å²) < 4.78 is 0. The first-order chi connectivity index (χ1) is 14.0. The minimum absolute atomic E-state index is 0.0391. The molecule has 3 rings (SSSR count). The SMILES string of the molecule is CCN(CC)C(=O)CN1CCN(C(=O)C2CCCN(C(=O)c3cccs3)C2)CC1. The molecule has 3 heterocycles. The Morgan fingerprint density at radius 3 is 2.41 bits per heavy atom. The maximum Gasteiger partial charge on any atom is 0.263 e. The average Bonchev–Trinajstić information content (AvgIpc) is 3.29. The second-order valence-electron chi connectivity index (χ2n) is 7.74. The van der Waals surface area contributed by atoms with E-state index in [0.29, 0.717) is 26.2 Å². The van der Waals surface area contributed by atoms with Gasteiger partial charge in [-0.25, -0.2) is 0 Å². The summed E-state index contributed by atoms with van der Waals surface area (Å²) in [6.45, 7) is 9.87. The van der Waals surface area contributed by atoms with E-state index in [9.17, 15) is 14.4 Å². The molecule has 0 aliphatic carbocycles. The number of piperazine rings is 1. The molecule has 0 N–H and O–H groups in total. The van der Waals surface area contributed by atoms with Crippen LogP contribution in [0.15, 0.2) is 17.5 Å². The Balaban J connectivity index is 1.49. The first-order valence-corrected chi connectivity index (χ1v) is 11.5. The van der Waals surface area contributed by atoms with Crippen molar-refractivity contribution >= 4 is 29.1 Å². The monoisotopic (exact) mass is 420 g/mol. The third-order valence-corrected chi connectivity index (χ3v) is 6.81. The quantitative estimate of drug-likeness (QED) is 0.702.